The molecule has 114 valence electrons. The maximum atomic E-state index is 11.6. The van der Waals surface area contributed by atoms with E-state index in [2.05, 4.69) is 10.2 Å². The van der Waals surface area contributed by atoms with Gasteiger partial charge in [0.2, 0.25) is 0 Å². The SMILES string of the molecule is CNC1(C(=O)O)CCC(N2CCCC3CCCCC32)C1. The third kappa shape index (κ3) is 2.37. The van der Waals surface area contributed by atoms with E-state index in [1.165, 1.54) is 45.1 Å². The summed E-state index contributed by atoms with van der Waals surface area (Å²) in [6, 6.07) is 1.22. The lowest BCUT2D eigenvalue weighted by Gasteiger charge is -2.47. The van der Waals surface area contributed by atoms with Crippen molar-refractivity contribution in [3.8, 4) is 0 Å². The molecule has 0 aromatic carbocycles. The summed E-state index contributed by atoms with van der Waals surface area (Å²) in [7, 11) is 1.80. The summed E-state index contributed by atoms with van der Waals surface area (Å²) >= 11 is 0. The molecule has 0 aromatic rings. The van der Waals surface area contributed by atoms with Crippen LogP contribution in [0.25, 0.3) is 0 Å². The third-order valence-electron chi connectivity index (χ3n) is 6.13. The molecule has 0 spiro atoms. The number of fused-ring (bicyclic) bond motifs is 1. The molecule has 3 rings (SSSR count). The molecule has 1 saturated heterocycles. The number of aliphatic carboxylic acids is 1. The van der Waals surface area contributed by atoms with Crippen LogP contribution < -0.4 is 5.32 Å². The second-order valence-corrected chi connectivity index (χ2v) is 7.03. The van der Waals surface area contributed by atoms with Crippen LogP contribution >= 0.6 is 0 Å². The Labute approximate surface area is 121 Å². The molecule has 0 bridgehead atoms. The molecule has 3 aliphatic rings. The summed E-state index contributed by atoms with van der Waals surface area (Å²) in [5.74, 6) is 0.214. The van der Waals surface area contributed by atoms with Gasteiger partial charge in [0.15, 0.2) is 0 Å². The molecular weight excluding hydrogens is 252 g/mol. The van der Waals surface area contributed by atoms with Gasteiger partial charge in [0.05, 0.1) is 0 Å². The van der Waals surface area contributed by atoms with E-state index in [0.29, 0.717) is 6.04 Å². The van der Waals surface area contributed by atoms with Crippen LogP contribution in [-0.4, -0.2) is 47.2 Å². The van der Waals surface area contributed by atoms with Crippen molar-refractivity contribution in [2.75, 3.05) is 13.6 Å². The van der Waals surface area contributed by atoms with Gasteiger partial charge in [-0.3, -0.25) is 9.69 Å². The van der Waals surface area contributed by atoms with Crippen LogP contribution in [-0.2, 0) is 4.79 Å². The van der Waals surface area contributed by atoms with Crippen LogP contribution in [0.5, 0.6) is 0 Å². The molecule has 2 saturated carbocycles. The molecule has 3 fully saturated rings. The Morgan fingerprint density at radius 1 is 1.20 bits per heavy atom. The van der Waals surface area contributed by atoms with E-state index in [4.69, 9.17) is 0 Å². The van der Waals surface area contributed by atoms with Gasteiger partial charge in [0.25, 0.3) is 0 Å². The molecule has 0 aromatic heterocycles. The van der Waals surface area contributed by atoms with Gasteiger partial charge < -0.3 is 10.4 Å². The molecule has 4 nitrogen and oxygen atoms in total. The third-order valence-corrected chi connectivity index (χ3v) is 6.13. The first-order valence-electron chi connectivity index (χ1n) is 8.34. The first kappa shape index (κ1) is 14.3. The Morgan fingerprint density at radius 2 is 1.95 bits per heavy atom. The molecule has 1 heterocycles. The highest BCUT2D eigenvalue weighted by atomic mass is 16.4. The van der Waals surface area contributed by atoms with Crippen molar-refractivity contribution in [2.45, 2.75) is 75.4 Å². The number of carboxylic acid groups (broad SMARTS) is 1. The molecule has 0 radical (unpaired) electrons. The zero-order valence-corrected chi connectivity index (χ0v) is 12.6. The number of piperidine rings is 1. The molecule has 2 aliphatic carbocycles. The smallest absolute Gasteiger partial charge is 0.323 e. The number of nitrogens with one attached hydrogen (secondary N) is 1. The number of likely N-dealkylation sites (N-methyl/N-ethyl adjacent to an activating group) is 1. The van der Waals surface area contributed by atoms with Crippen molar-refractivity contribution in [1.29, 1.82) is 0 Å². The highest BCUT2D eigenvalue weighted by Crippen LogP contribution is 2.41. The van der Waals surface area contributed by atoms with Crippen molar-refractivity contribution in [3.63, 3.8) is 0 Å². The minimum absolute atomic E-state index is 0.476. The molecule has 20 heavy (non-hydrogen) atoms. The standard InChI is InChI=1S/C16H28N2O2/c1-17-16(15(19)20)9-8-13(11-16)18-10-4-6-12-5-2-3-7-14(12)18/h12-14,17H,2-11H2,1H3,(H,19,20). The molecule has 4 atom stereocenters. The van der Waals surface area contributed by atoms with Gasteiger partial charge in [-0.1, -0.05) is 12.8 Å². The summed E-state index contributed by atoms with van der Waals surface area (Å²) in [4.78, 5) is 14.3. The maximum absolute atomic E-state index is 11.6. The monoisotopic (exact) mass is 280 g/mol. The van der Waals surface area contributed by atoms with Gasteiger partial charge in [-0.05, 0) is 64.5 Å². The summed E-state index contributed by atoms with van der Waals surface area (Å²) in [5.41, 5.74) is -0.674. The number of hydrogen-bond donors (Lipinski definition) is 2. The first-order chi connectivity index (χ1) is 9.66. The van der Waals surface area contributed by atoms with Crippen LogP contribution in [0.4, 0.5) is 0 Å². The highest BCUT2D eigenvalue weighted by molar-refractivity contribution is 5.79. The van der Waals surface area contributed by atoms with Crippen molar-refractivity contribution in [1.82, 2.24) is 10.2 Å². The summed E-state index contributed by atoms with van der Waals surface area (Å²) in [6.45, 7) is 1.19. The number of nitrogens with zero attached hydrogens (tertiary/aromatic N) is 1. The van der Waals surface area contributed by atoms with E-state index >= 15 is 0 Å². The van der Waals surface area contributed by atoms with Crippen LogP contribution in [0.1, 0.15) is 57.8 Å². The molecule has 2 N–H and O–H groups in total. The van der Waals surface area contributed by atoms with Gasteiger partial charge >= 0.3 is 5.97 Å². The minimum atomic E-state index is -0.674. The molecule has 0 amide bonds. The Balaban J connectivity index is 1.71. The van der Waals surface area contributed by atoms with Gasteiger partial charge in [-0.25, -0.2) is 0 Å². The fourth-order valence-electron chi connectivity index (χ4n) is 4.95. The number of rotatable bonds is 3. The highest BCUT2D eigenvalue weighted by Gasteiger charge is 2.48. The lowest BCUT2D eigenvalue weighted by atomic mass is 9.77. The van der Waals surface area contributed by atoms with E-state index in [0.717, 1.165) is 31.2 Å². The lowest BCUT2D eigenvalue weighted by molar-refractivity contribution is -0.144. The summed E-state index contributed by atoms with van der Waals surface area (Å²) in [5, 5.41) is 12.6. The Bertz CT molecular complexity index is 371. The Hall–Kier alpha value is -0.610. The number of hydrogen-bond acceptors (Lipinski definition) is 3. The van der Waals surface area contributed by atoms with E-state index in [9.17, 15) is 9.90 Å². The van der Waals surface area contributed by atoms with E-state index in [-0.39, 0.29) is 0 Å². The first-order valence-corrected chi connectivity index (χ1v) is 8.34. The normalized spacial score (nSPS) is 42.4. The Kier molecular flexibility index (Phi) is 4.04. The van der Waals surface area contributed by atoms with Crippen LogP contribution in [0.2, 0.25) is 0 Å². The average molecular weight is 280 g/mol. The number of carbonyl (C=O) groups is 1. The predicted molar refractivity (Wildman–Crippen MR) is 78.8 cm³/mol. The number of likely N-dealkylation sites (tertiary alicyclic amines) is 1. The zero-order valence-electron chi connectivity index (χ0n) is 12.6. The van der Waals surface area contributed by atoms with Crippen molar-refractivity contribution >= 4 is 5.97 Å². The molecule has 4 unspecified atom stereocenters. The van der Waals surface area contributed by atoms with Gasteiger partial charge in [-0.15, -0.1) is 0 Å². The summed E-state index contributed by atoms with van der Waals surface area (Å²) < 4.78 is 0. The van der Waals surface area contributed by atoms with Crippen LogP contribution in [0.15, 0.2) is 0 Å². The second kappa shape index (κ2) is 5.64. The largest absolute Gasteiger partial charge is 0.480 e. The quantitative estimate of drug-likeness (QED) is 0.832. The predicted octanol–water partition coefficient (Wildman–Crippen LogP) is 2.24. The maximum Gasteiger partial charge on any atom is 0.323 e. The summed E-state index contributed by atoms with van der Waals surface area (Å²) in [6.07, 6.45) is 10.8. The fourth-order valence-corrected chi connectivity index (χ4v) is 4.95. The number of carboxylic acids is 1. The van der Waals surface area contributed by atoms with E-state index in [1.807, 2.05) is 0 Å². The second-order valence-electron chi connectivity index (χ2n) is 7.03. The van der Waals surface area contributed by atoms with E-state index < -0.39 is 11.5 Å². The van der Waals surface area contributed by atoms with Crippen LogP contribution in [0.3, 0.4) is 0 Å². The van der Waals surface area contributed by atoms with Crippen LogP contribution in [0, 0.1) is 5.92 Å². The van der Waals surface area contributed by atoms with Gasteiger partial charge in [0.1, 0.15) is 5.54 Å². The van der Waals surface area contributed by atoms with Crippen molar-refractivity contribution in [2.24, 2.45) is 5.92 Å². The van der Waals surface area contributed by atoms with E-state index in [1.54, 1.807) is 7.05 Å². The van der Waals surface area contributed by atoms with Gasteiger partial charge in [0, 0.05) is 12.1 Å². The zero-order chi connectivity index (χ0) is 14.2. The Morgan fingerprint density at radius 3 is 2.65 bits per heavy atom. The molecule has 4 heteroatoms. The van der Waals surface area contributed by atoms with Gasteiger partial charge in [-0.2, -0.15) is 0 Å². The molecule has 1 aliphatic heterocycles. The van der Waals surface area contributed by atoms with Crippen molar-refractivity contribution in [3.05, 3.63) is 0 Å². The van der Waals surface area contributed by atoms with Crippen molar-refractivity contribution < 1.29 is 9.90 Å². The molecular formula is C16H28N2O2. The fraction of sp³-hybridized carbons (Fsp3) is 0.938. The average Bonchev–Trinajstić information content (AvgIpc) is 2.92. The minimum Gasteiger partial charge on any atom is -0.480 e. The lowest BCUT2D eigenvalue weighted by Crippen LogP contribution is -2.53. The topological polar surface area (TPSA) is 52.6 Å².